The quantitative estimate of drug-likeness (QED) is 0.763. The molecule has 2 heterocycles. The van der Waals surface area contributed by atoms with E-state index in [1.165, 1.54) is 12.3 Å². The van der Waals surface area contributed by atoms with Gasteiger partial charge in [-0.1, -0.05) is 6.07 Å². The number of aromatic nitrogens is 1. The highest BCUT2D eigenvalue weighted by Gasteiger charge is 2.39. The van der Waals surface area contributed by atoms with Crippen LogP contribution < -0.4 is 10.2 Å². The van der Waals surface area contributed by atoms with Crippen molar-refractivity contribution in [2.75, 3.05) is 23.3 Å². The number of azo groups is 1. The first-order valence-corrected chi connectivity index (χ1v) is 8.53. The lowest BCUT2D eigenvalue weighted by molar-refractivity contribution is -0.167. The topological polar surface area (TPSA) is 70.0 Å². The Morgan fingerprint density at radius 1 is 1.07 bits per heavy atom. The molecule has 2 aromatic rings. The van der Waals surface area contributed by atoms with Gasteiger partial charge in [0.1, 0.15) is 5.69 Å². The molecule has 0 aliphatic carbocycles. The fraction of sp³-hybridized carbons (Fsp3) is 0.333. The minimum Gasteiger partial charge on any atom is -0.371 e. The molecule has 1 amide bonds. The van der Waals surface area contributed by atoms with Gasteiger partial charge in [-0.3, -0.25) is 4.79 Å². The number of pyridine rings is 1. The minimum atomic E-state index is -4.99. The summed E-state index contributed by atoms with van der Waals surface area (Å²) in [4.78, 5) is 17.5. The fourth-order valence-electron chi connectivity index (χ4n) is 2.77. The van der Waals surface area contributed by atoms with Crippen molar-refractivity contribution in [1.29, 1.82) is 0 Å². The zero-order valence-corrected chi connectivity index (χ0v) is 14.4. The minimum absolute atomic E-state index is 0.0416. The molecule has 1 aromatic carbocycles. The number of nitrogens with zero attached hydrogens (tertiary/aromatic N) is 4. The molecule has 0 bridgehead atoms. The second-order valence-electron chi connectivity index (χ2n) is 6.09. The van der Waals surface area contributed by atoms with Crippen molar-refractivity contribution >= 4 is 28.8 Å². The maximum absolute atomic E-state index is 12.7. The van der Waals surface area contributed by atoms with Gasteiger partial charge < -0.3 is 10.2 Å². The molecule has 27 heavy (non-hydrogen) atoms. The molecule has 142 valence electrons. The number of hydrogen-bond donors (Lipinski definition) is 1. The van der Waals surface area contributed by atoms with Crippen molar-refractivity contribution < 1.29 is 18.0 Å². The van der Waals surface area contributed by atoms with Crippen molar-refractivity contribution in [2.45, 2.75) is 25.4 Å². The van der Waals surface area contributed by atoms with Gasteiger partial charge in [0.25, 0.3) is 0 Å². The SMILES string of the molecule is O=C(Nc1cc(N2CCCCC2)ccc1N=Nc1ccccn1)C(F)(F)F. The normalized spacial score (nSPS) is 15.1. The monoisotopic (exact) mass is 377 g/mol. The summed E-state index contributed by atoms with van der Waals surface area (Å²) in [5.74, 6) is -1.74. The number of carbonyl (C=O) groups is 1. The molecule has 1 saturated heterocycles. The van der Waals surface area contributed by atoms with E-state index in [9.17, 15) is 18.0 Å². The molecule has 0 saturated carbocycles. The Kier molecular flexibility index (Phi) is 5.68. The Bertz CT molecular complexity index is 817. The number of amides is 1. The Morgan fingerprint density at radius 3 is 2.52 bits per heavy atom. The van der Waals surface area contributed by atoms with E-state index in [1.54, 1.807) is 30.3 Å². The number of rotatable bonds is 4. The number of benzene rings is 1. The molecule has 1 aliphatic rings. The molecule has 0 radical (unpaired) electrons. The first-order valence-electron chi connectivity index (χ1n) is 8.53. The molecule has 1 fully saturated rings. The molecule has 0 unspecified atom stereocenters. The summed E-state index contributed by atoms with van der Waals surface area (Å²) >= 11 is 0. The highest BCUT2D eigenvalue weighted by atomic mass is 19.4. The number of carbonyl (C=O) groups excluding carboxylic acids is 1. The van der Waals surface area contributed by atoms with Crippen LogP contribution in [0.4, 0.5) is 36.1 Å². The second kappa shape index (κ2) is 8.15. The zero-order chi connectivity index (χ0) is 19.3. The van der Waals surface area contributed by atoms with E-state index in [2.05, 4.69) is 20.1 Å². The van der Waals surface area contributed by atoms with E-state index in [1.807, 2.05) is 5.32 Å². The van der Waals surface area contributed by atoms with Crippen molar-refractivity contribution in [3.05, 3.63) is 42.6 Å². The maximum Gasteiger partial charge on any atom is 0.471 e. The molecule has 9 heteroatoms. The highest BCUT2D eigenvalue weighted by Crippen LogP contribution is 2.33. The molecule has 6 nitrogen and oxygen atoms in total. The van der Waals surface area contributed by atoms with Crippen LogP contribution in [0, 0.1) is 0 Å². The van der Waals surface area contributed by atoms with Gasteiger partial charge in [0, 0.05) is 25.0 Å². The number of nitrogens with one attached hydrogen (secondary N) is 1. The Balaban J connectivity index is 1.90. The van der Waals surface area contributed by atoms with Crippen molar-refractivity contribution in [2.24, 2.45) is 10.2 Å². The van der Waals surface area contributed by atoms with Crippen LogP contribution in [0.1, 0.15) is 19.3 Å². The lowest BCUT2D eigenvalue weighted by Gasteiger charge is -2.29. The maximum atomic E-state index is 12.7. The average molecular weight is 377 g/mol. The largest absolute Gasteiger partial charge is 0.471 e. The molecule has 3 rings (SSSR count). The molecule has 0 spiro atoms. The lowest BCUT2D eigenvalue weighted by atomic mass is 10.1. The highest BCUT2D eigenvalue weighted by molar-refractivity contribution is 5.97. The number of piperidine rings is 1. The van der Waals surface area contributed by atoms with Crippen LogP contribution in [0.2, 0.25) is 0 Å². The molecule has 1 aliphatic heterocycles. The average Bonchev–Trinajstić information content (AvgIpc) is 2.67. The lowest BCUT2D eigenvalue weighted by Crippen LogP contribution is -2.31. The summed E-state index contributed by atoms with van der Waals surface area (Å²) in [7, 11) is 0. The Labute approximate surface area is 154 Å². The first-order chi connectivity index (χ1) is 12.9. The summed E-state index contributed by atoms with van der Waals surface area (Å²) in [5.41, 5.74) is 0.822. The third-order valence-electron chi connectivity index (χ3n) is 4.12. The van der Waals surface area contributed by atoms with Crippen LogP contribution in [0.3, 0.4) is 0 Å². The first kappa shape index (κ1) is 18.8. The fourth-order valence-corrected chi connectivity index (χ4v) is 2.77. The van der Waals surface area contributed by atoms with Gasteiger partial charge in [-0.15, -0.1) is 10.2 Å². The third-order valence-corrected chi connectivity index (χ3v) is 4.12. The van der Waals surface area contributed by atoms with E-state index >= 15 is 0 Å². The van der Waals surface area contributed by atoms with Gasteiger partial charge in [-0.2, -0.15) is 13.2 Å². The van der Waals surface area contributed by atoms with Crippen molar-refractivity contribution in [3.8, 4) is 0 Å². The van der Waals surface area contributed by atoms with Gasteiger partial charge in [-0.25, -0.2) is 4.98 Å². The second-order valence-corrected chi connectivity index (χ2v) is 6.09. The molecule has 0 atom stereocenters. The summed E-state index contributed by atoms with van der Waals surface area (Å²) in [6, 6.07) is 9.85. The third kappa shape index (κ3) is 5.02. The molecule has 1 aromatic heterocycles. The van der Waals surface area contributed by atoms with Crippen LogP contribution in [0.25, 0.3) is 0 Å². The van der Waals surface area contributed by atoms with Crippen LogP contribution in [-0.2, 0) is 4.79 Å². The van der Waals surface area contributed by atoms with E-state index in [-0.39, 0.29) is 11.4 Å². The number of hydrogen-bond acceptors (Lipinski definition) is 5. The van der Waals surface area contributed by atoms with E-state index < -0.39 is 12.1 Å². The predicted octanol–water partition coefficient (Wildman–Crippen LogP) is 4.99. The number of halogens is 3. The summed E-state index contributed by atoms with van der Waals surface area (Å²) in [6.07, 6.45) is -0.294. The van der Waals surface area contributed by atoms with Crippen LogP contribution in [0.15, 0.2) is 52.8 Å². The molecular formula is C18H18F3N5O. The zero-order valence-electron chi connectivity index (χ0n) is 14.4. The van der Waals surface area contributed by atoms with Crippen molar-refractivity contribution in [3.63, 3.8) is 0 Å². The van der Waals surface area contributed by atoms with Gasteiger partial charge in [-0.05, 0) is 49.6 Å². The predicted molar refractivity (Wildman–Crippen MR) is 95.6 cm³/mol. The Hall–Kier alpha value is -2.97. The van der Waals surface area contributed by atoms with E-state index in [4.69, 9.17) is 0 Å². The van der Waals surface area contributed by atoms with Crippen LogP contribution >= 0.6 is 0 Å². The van der Waals surface area contributed by atoms with Gasteiger partial charge in [0.15, 0.2) is 5.82 Å². The standard InChI is InChI=1S/C18H18F3N5O/c19-18(20,21)17(27)23-15-12-13(26-10-4-1-5-11-26)7-8-14(15)24-25-16-6-2-3-9-22-16/h2-3,6-9,12H,1,4-5,10-11H2,(H,23,27). The smallest absolute Gasteiger partial charge is 0.371 e. The Morgan fingerprint density at radius 2 is 1.85 bits per heavy atom. The van der Waals surface area contributed by atoms with E-state index in [0.717, 1.165) is 38.0 Å². The molecule has 1 N–H and O–H groups in total. The van der Waals surface area contributed by atoms with E-state index in [0.29, 0.717) is 5.82 Å². The van der Waals surface area contributed by atoms with Crippen LogP contribution in [-0.4, -0.2) is 30.2 Å². The number of alkyl halides is 3. The van der Waals surface area contributed by atoms with Gasteiger partial charge in [0.05, 0.1) is 5.69 Å². The number of anilines is 2. The van der Waals surface area contributed by atoms with Crippen molar-refractivity contribution in [1.82, 2.24) is 4.98 Å². The summed E-state index contributed by atoms with van der Waals surface area (Å²) < 4.78 is 38.1. The van der Waals surface area contributed by atoms with Crippen LogP contribution in [0.5, 0.6) is 0 Å². The molecular weight excluding hydrogens is 359 g/mol. The summed E-state index contributed by atoms with van der Waals surface area (Å²) in [5, 5.41) is 9.78. The summed E-state index contributed by atoms with van der Waals surface area (Å²) in [6.45, 7) is 1.64. The van der Waals surface area contributed by atoms with Gasteiger partial charge >= 0.3 is 12.1 Å². The van der Waals surface area contributed by atoms with Gasteiger partial charge in [0.2, 0.25) is 0 Å².